The zero-order valence-electron chi connectivity index (χ0n) is 11.3. The third-order valence-corrected chi connectivity index (χ3v) is 3.10. The van der Waals surface area contributed by atoms with Crippen LogP contribution in [0.1, 0.15) is 29.7 Å². The van der Waals surface area contributed by atoms with Gasteiger partial charge in [-0.2, -0.15) is 5.26 Å². The van der Waals surface area contributed by atoms with E-state index in [9.17, 15) is 5.11 Å². The van der Waals surface area contributed by atoms with Crippen LogP contribution in [0.25, 0.3) is 0 Å². The molecule has 0 heterocycles. The fraction of sp³-hybridized carbons (Fsp3) is 0.176. The molecule has 20 heavy (non-hydrogen) atoms. The Hall–Kier alpha value is -2.44. The largest absolute Gasteiger partial charge is 0.386 e. The van der Waals surface area contributed by atoms with Gasteiger partial charge in [0.25, 0.3) is 0 Å². The highest BCUT2D eigenvalue weighted by Crippen LogP contribution is 2.18. The predicted molar refractivity (Wildman–Crippen MR) is 79.6 cm³/mol. The van der Waals surface area contributed by atoms with Crippen molar-refractivity contribution in [1.82, 2.24) is 0 Å². The molecular formula is C17H16N2O. The third kappa shape index (κ3) is 3.53. The second kappa shape index (κ2) is 6.65. The molecule has 2 aromatic carbocycles. The first-order valence-electron chi connectivity index (χ1n) is 6.47. The molecule has 0 aliphatic carbocycles. The molecule has 0 unspecified atom stereocenters. The number of nitrogens with zero attached hydrogens (tertiary/aromatic N) is 2. The van der Waals surface area contributed by atoms with Gasteiger partial charge >= 0.3 is 0 Å². The van der Waals surface area contributed by atoms with Crippen LogP contribution in [-0.4, -0.2) is 17.4 Å². The molecule has 3 nitrogen and oxygen atoms in total. The number of aliphatic hydroxyl groups is 1. The van der Waals surface area contributed by atoms with Gasteiger partial charge in [-0.05, 0) is 30.2 Å². The van der Waals surface area contributed by atoms with E-state index >= 15 is 0 Å². The van der Waals surface area contributed by atoms with E-state index in [1.807, 2.05) is 49.4 Å². The van der Waals surface area contributed by atoms with Crippen molar-refractivity contribution in [2.24, 2.45) is 4.99 Å². The van der Waals surface area contributed by atoms with Gasteiger partial charge in [-0.25, -0.2) is 0 Å². The van der Waals surface area contributed by atoms with Gasteiger partial charge in [-0.1, -0.05) is 42.5 Å². The van der Waals surface area contributed by atoms with Crippen LogP contribution in [0.3, 0.4) is 0 Å². The molecule has 0 fully saturated rings. The lowest BCUT2D eigenvalue weighted by atomic mass is 10.0. The van der Waals surface area contributed by atoms with Gasteiger partial charge in [0, 0.05) is 6.21 Å². The highest BCUT2D eigenvalue weighted by Gasteiger charge is 2.14. The number of nitriles is 1. The maximum Gasteiger partial charge on any atom is 0.101 e. The zero-order chi connectivity index (χ0) is 14.4. The van der Waals surface area contributed by atoms with Crippen LogP contribution in [0.15, 0.2) is 59.6 Å². The smallest absolute Gasteiger partial charge is 0.101 e. The summed E-state index contributed by atoms with van der Waals surface area (Å²) >= 11 is 0. The first-order valence-corrected chi connectivity index (χ1v) is 6.47. The van der Waals surface area contributed by atoms with Crippen molar-refractivity contribution in [2.75, 3.05) is 0 Å². The molecule has 0 aromatic heterocycles. The minimum atomic E-state index is -0.620. The number of aliphatic hydroxyl groups excluding tert-OH is 1. The van der Waals surface area contributed by atoms with Crippen LogP contribution < -0.4 is 0 Å². The van der Waals surface area contributed by atoms with Crippen molar-refractivity contribution in [3.63, 3.8) is 0 Å². The van der Waals surface area contributed by atoms with E-state index in [2.05, 4.69) is 11.1 Å². The molecule has 2 atom stereocenters. The summed E-state index contributed by atoms with van der Waals surface area (Å²) < 4.78 is 0. The Labute approximate surface area is 118 Å². The van der Waals surface area contributed by atoms with E-state index in [1.54, 1.807) is 18.3 Å². The van der Waals surface area contributed by atoms with Gasteiger partial charge in [0.15, 0.2) is 0 Å². The molecule has 0 radical (unpaired) electrons. The van der Waals surface area contributed by atoms with Crippen LogP contribution in [0.4, 0.5) is 0 Å². The number of hydrogen-bond acceptors (Lipinski definition) is 3. The first kappa shape index (κ1) is 14.0. The molecule has 100 valence electrons. The summed E-state index contributed by atoms with van der Waals surface area (Å²) in [7, 11) is 0. The lowest BCUT2D eigenvalue weighted by molar-refractivity contribution is 0.154. The normalized spacial score (nSPS) is 13.8. The van der Waals surface area contributed by atoms with Crippen molar-refractivity contribution >= 4 is 6.21 Å². The summed E-state index contributed by atoms with van der Waals surface area (Å²) in [5.74, 6) is 0. The summed E-state index contributed by atoms with van der Waals surface area (Å²) in [5, 5.41) is 18.9. The maximum absolute atomic E-state index is 10.2. The van der Waals surface area contributed by atoms with Crippen molar-refractivity contribution in [3.05, 3.63) is 71.3 Å². The van der Waals surface area contributed by atoms with Crippen molar-refractivity contribution in [3.8, 4) is 6.07 Å². The van der Waals surface area contributed by atoms with Gasteiger partial charge in [-0.3, -0.25) is 4.99 Å². The summed E-state index contributed by atoms with van der Waals surface area (Å²) in [5.41, 5.74) is 2.40. The topological polar surface area (TPSA) is 56.4 Å². The monoisotopic (exact) mass is 264 g/mol. The summed E-state index contributed by atoms with van der Waals surface area (Å²) in [6.45, 7) is 1.87. The lowest BCUT2D eigenvalue weighted by Crippen LogP contribution is -2.12. The molecule has 1 N–H and O–H groups in total. The Morgan fingerprint density at radius 3 is 2.35 bits per heavy atom. The number of benzene rings is 2. The Balaban J connectivity index is 2.05. The van der Waals surface area contributed by atoms with Crippen LogP contribution in [0.5, 0.6) is 0 Å². The zero-order valence-corrected chi connectivity index (χ0v) is 11.3. The second-order valence-electron chi connectivity index (χ2n) is 4.61. The van der Waals surface area contributed by atoms with Crippen molar-refractivity contribution < 1.29 is 5.11 Å². The summed E-state index contributed by atoms with van der Waals surface area (Å²) in [4.78, 5) is 4.37. The highest BCUT2D eigenvalue weighted by molar-refractivity contribution is 5.79. The van der Waals surface area contributed by atoms with Gasteiger partial charge in [-0.15, -0.1) is 0 Å². The lowest BCUT2D eigenvalue weighted by Gasteiger charge is -2.15. The Morgan fingerprint density at radius 2 is 1.75 bits per heavy atom. The summed E-state index contributed by atoms with van der Waals surface area (Å²) in [6.07, 6.45) is 1.10. The minimum absolute atomic E-state index is 0.229. The van der Waals surface area contributed by atoms with Crippen LogP contribution in [0, 0.1) is 11.3 Å². The fourth-order valence-electron chi connectivity index (χ4n) is 1.86. The van der Waals surface area contributed by atoms with Crippen LogP contribution in [-0.2, 0) is 0 Å². The molecule has 0 aliphatic rings. The summed E-state index contributed by atoms with van der Waals surface area (Å²) in [6, 6.07) is 18.5. The quantitative estimate of drug-likeness (QED) is 0.863. The first-order chi connectivity index (χ1) is 9.70. The van der Waals surface area contributed by atoms with Gasteiger partial charge in [0.05, 0.1) is 17.7 Å². The van der Waals surface area contributed by atoms with Gasteiger partial charge in [0.2, 0.25) is 0 Å². The SMILES string of the molecule is C[C@H](N=Cc1ccc(C#N)cc1)[C@H](O)c1ccccc1. The van der Waals surface area contributed by atoms with Crippen LogP contribution >= 0.6 is 0 Å². The molecular weight excluding hydrogens is 248 g/mol. The molecule has 2 aromatic rings. The standard InChI is InChI=1S/C17H16N2O/c1-13(17(20)16-5-3-2-4-6-16)19-12-15-9-7-14(11-18)8-10-15/h2-10,12-13,17,20H,1H3/t13-,17-/m0/s1. The molecule has 3 heteroatoms. The van der Waals surface area contributed by atoms with E-state index in [4.69, 9.17) is 5.26 Å². The van der Waals surface area contributed by atoms with E-state index in [0.29, 0.717) is 5.56 Å². The van der Waals surface area contributed by atoms with E-state index in [0.717, 1.165) is 11.1 Å². The van der Waals surface area contributed by atoms with Crippen LogP contribution in [0.2, 0.25) is 0 Å². The van der Waals surface area contributed by atoms with Gasteiger partial charge in [0.1, 0.15) is 6.10 Å². The molecule has 0 spiro atoms. The van der Waals surface area contributed by atoms with Crippen molar-refractivity contribution in [2.45, 2.75) is 19.1 Å². The number of hydrogen-bond donors (Lipinski definition) is 1. The molecule has 2 rings (SSSR count). The average Bonchev–Trinajstić information content (AvgIpc) is 2.53. The molecule has 0 amide bonds. The van der Waals surface area contributed by atoms with Gasteiger partial charge < -0.3 is 5.11 Å². The number of aliphatic imine (C=N–C) groups is 1. The van der Waals surface area contributed by atoms with E-state index < -0.39 is 6.10 Å². The maximum atomic E-state index is 10.2. The van der Waals surface area contributed by atoms with Crippen molar-refractivity contribution in [1.29, 1.82) is 5.26 Å². The highest BCUT2D eigenvalue weighted by atomic mass is 16.3. The minimum Gasteiger partial charge on any atom is -0.386 e. The molecule has 0 aliphatic heterocycles. The van der Waals surface area contributed by atoms with E-state index in [-0.39, 0.29) is 6.04 Å². The predicted octanol–water partition coefficient (Wildman–Crippen LogP) is 3.10. The second-order valence-corrected chi connectivity index (χ2v) is 4.61. The third-order valence-electron chi connectivity index (χ3n) is 3.10. The molecule has 0 saturated carbocycles. The molecule has 0 saturated heterocycles. The molecule has 0 bridgehead atoms. The number of rotatable bonds is 4. The fourth-order valence-corrected chi connectivity index (χ4v) is 1.86. The Morgan fingerprint density at radius 1 is 1.10 bits per heavy atom. The Bertz CT molecular complexity index is 612. The van der Waals surface area contributed by atoms with E-state index in [1.165, 1.54) is 0 Å². The average molecular weight is 264 g/mol. The Kier molecular flexibility index (Phi) is 4.65.